The average molecular weight is 195 g/mol. The normalized spacial score (nSPS) is 9.77. The second-order valence-electron chi connectivity index (χ2n) is 2.53. The molecule has 70 valence electrons. The van der Waals surface area contributed by atoms with Gasteiger partial charge in [-0.25, -0.2) is 0 Å². The van der Waals surface area contributed by atoms with Crippen molar-refractivity contribution in [3.8, 4) is 12.3 Å². The zero-order chi connectivity index (χ0) is 9.36. The van der Waals surface area contributed by atoms with Crippen molar-refractivity contribution in [1.82, 2.24) is 15.6 Å². The SMILES string of the molecule is C#CCNCCNCc1cncs1. The molecule has 1 aromatic rings. The number of hydrogen-bond donors (Lipinski definition) is 2. The highest BCUT2D eigenvalue weighted by Crippen LogP contribution is 2.03. The number of rotatable bonds is 6. The van der Waals surface area contributed by atoms with Crippen LogP contribution in [0.5, 0.6) is 0 Å². The van der Waals surface area contributed by atoms with Crippen LogP contribution in [0, 0.1) is 12.3 Å². The first-order valence-electron chi connectivity index (χ1n) is 4.15. The summed E-state index contributed by atoms with van der Waals surface area (Å²) >= 11 is 1.66. The quantitative estimate of drug-likeness (QED) is 0.511. The van der Waals surface area contributed by atoms with Gasteiger partial charge in [-0.1, -0.05) is 5.92 Å². The first-order valence-corrected chi connectivity index (χ1v) is 5.03. The molecule has 0 aliphatic heterocycles. The molecule has 0 radical (unpaired) electrons. The minimum Gasteiger partial charge on any atom is -0.311 e. The second kappa shape index (κ2) is 6.61. The third-order valence-corrected chi connectivity index (χ3v) is 2.27. The summed E-state index contributed by atoms with van der Waals surface area (Å²) in [6, 6.07) is 0. The van der Waals surface area contributed by atoms with Crippen LogP contribution in [0.4, 0.5) is 0 Å². The third kappa shape index (κ3) is 4.63. The van der Waals surface area contributed by atoms with Gasteiger partial charge < -0.3 is 10.6 Å². The van der Waals surface area contributed by atoms with Crippen LogP contribution in [0.25, 0.3) is 0 Å². The van der Waals surface area contributed by atoms with Crippen LogP contribution < -0.4 is 10.6 Å². The third-order valence-electron chi connectivity index (χ3n) is 1.49. The Kier molecular flexibility index (Phi) is 5.18. The fourth-order valence-electron chi connectivity index (χ4n) is 0.878. The van der Waals surface area contributed by atoms with Gasteiger partial charge in [-0.3, -0.25) is 4.98 Å². The number of nitrogens with one attached hydrogen (secondary N) is 2. The number of hydrogen-bond acceptors (Lipinski definition) is 4. The Balaban J connectivity index is 1.94. The highest BCUT2D eigenvalue weighted by molar-refractivity contribution is 7.09. The molecule has 0 aromatic carbocycles. The van der Waals surface area contributed by atoms with E-state index in [1.807, 2.05) is 11.7 Å². The van der Waals surface area contributed by atoms with Crippen LogP contribution in [0.1, 0.15) is 4.88 Å². The van der Waals surface area contributed by atoms with Crippen molar-refractivity contribution < 1.29 is 0 Å². The Labute approximate surface area is 82.6 Å². The van der Waals surface area contributed by atoms with Crippen molar-refractivity contribution in [3.63, 3.8) is 0 Å². The standard InChI is InChI=1S/C9H13N3S/c1-2-3-10-4-5-11-6-9-7-12-8-13-9/h1,7-8,10-11H,3-6H2. The molecule has 0 amide bonds. The minimum absolute atomic E-state index is 0.641. The van der Waals surface area contributed by atoms with E-state index in [-0.39, 0.29) is 0 Å². The van der Waals surface area contributed by atoms with Crippen molar-refractivity contribution in [3.05, 3.63) is 16.6 Å². The Morgan fingerprint density at radius 1 is 1.46 bits per heavy atom. The molecule has 0 atom stereocenters. The van der Waals surface area contributed by atoms with Gasteiger partial charge in [0.05, 0.1) is 12.1 Å². The van der Waals surface area contributed by atoms with E-state index in [1.165, 1.54) is 4.88 Å². The summed E-state index contributed by atoms with van der Waals surface area (Å²) in [4.78, 5) is 5.25. The van der Waals surface area contributed by atoms with Gasteiger partial charge in [0.2, 0.25) is 0 Å². The van der Waals surface area contributed by atoms with Crippen molar-refractivity contribution in [2.24, 2.45) is 0 Å². The van der Waals surface area contributed by atoms with E-state index >= 15 is 0 Å². The van der Waals surface area contributed by atoms with E-state index < -0.39 is 0 Å². The number of thiazole rings is 1. The van der Waals surface area contributed by atoms with E-state index in [4.69, 9.17) is 6.42 Å². The van der Waals surface area contributed by atoms with E-state index in [0.29, 0.717) is 6.54 Å². The van der Waals surface area contributed by atoms with E-state index in [9.17, 15) is 0 Å². The summed E-state index contributed by atoms with van der Waals surface area (Å²) in [5.74, 6) is 2.53. The maximum atomic E-state index is 5.08. The van der Waals surface area contributed by atoms with E-state index in [2.05, 4.69) is 21.5 Å². The van der Waals surface area contributed by atoms with Crippen LogP contribution in [0.15, 0.2) is 11.7 Å². The molecule has 0 aliphatic carbocycles. The zero-order valence-electron chi connectivity index (χ0n) is 7.42. The second-order valence-corrected chi connectivity index (χ2v) is 3.50. The fraction of sp³-hybridized carbons (Fsp3) is 0.444. The molecule has 0 saturated carbocycles. The highest BCUT2D eigenvalue weighted by atomic mass is 32.1. The van der Waals surface area contributed by atoms with E-state index in [0.717, 1.165) is 19.6 Å². The largest absolute Gasteiger partial charge is 0.311 e. The van der Waals surface area contributed by atoms with Crippen molar-refractivity contribution in [2.45, 2.75) is 6.54 Å². The first-order chi connectivity index (χ1) is 6.43. The van der Waals surface area contributed by atoms with Gasteiger partial charge in [0.15, 0.2) is 0 Å². The number of aromatic nitrogens is 1. The zero-order valence-corrected chi connectivity index (χ0v) is 8.23. The lowest BCUT2D eigenvalue weighted by molar-refractivity contribution is 0.641. The van der Waals surface area contributed by atoms with Crippen LogP contribution in [-0.4, -0.2) is 24.6 Å². The van der Waals surface area contributed by atoms with Gasteiger partial charge in [0, 0.05) is 30.7 Å². The smallest absolute Gasteiger partial charge is 0.0794 e. The molecule has 1 rings (SSSR count). The monoisotopic (exact) mass is 195 g/mol. The van der Waals surface area contributed by atoms with Gasteiger partial charge in [-0.15, -0.1) is 17.8 Å². The van der Waals surface area contributed by atoms with Crippen molar-refractivity contribution >= 4 is 11.3 Å². The summed E-state index contributed by atoms with van der Waals surface area (Å²) in [5.41, 5.74) is 1.84. The molecule has 0 fully saturated rings. The molecule has 4 heteroatoms. The lowest BCUT2D eigenvalue weighted by Gasteiger charge is -2.02. The molecular formula is C9H13N3S. The van der Waals surface area contributed by atoms with Gasteiger partial charge >= 0.3 is 0 Å². The van der Waals surface area contributed by atoms with Gasteiger partial charge in [0.1, 0.15) is 0 Å². The fourth-order valence-corrected chi connectivity index (χ4v) is 1.44. The van der Waals surface area contributed by atoms with Crippen molar-refractivity contribution in [2.75, 3.05) is 19.6 Å². The molecule has 1 heterocycles. The van der Waals surface area contributed by atoms with Crippen LogP contribution in [-0.2, 0) is 6.54 Å². The molecular weight excluding hydrogens is 182 g/mol. The van der Waals surface area contributed by atoms with Gasteiger partial charge in [-0.2, -0.15) is 0 Å². The molecule has 2 N–H and O–H groups in total. The van der Waals surface area contributed by atoms with Crippen LogP contribution >= 0.6 is 11.3 Å². The molecule has 3 nitrogen and oxygen atoms in total. The average Bonchev–Trinajstić information content (AvgIpc) is 2.63. The highest BCUT2D eigenvalue weighted by Gasteiger charge is 1.92. The Morgan fingerprint density at radius 2 is 2.31 bits per heavy atom. The summed E-state index contributed by atoms with van der Waals surface area (Å²) in [6.07, 6.45) is 6.96. The number of terminal acetylenes is 1. The maximum Gasteiger partial charge on any atom is 0.0794 e. The maximum absolute atomic E-state index is 5.08. The van der Waals surface area contributed by atoms with Crippen molar-refractivity contribution in [1.29, 1.82) is 0 Å². The summed E-state index contributed by atoms with van der Waals surface area (Å²) in [7, 11) is 0. The first kappa shape index (κ1) is 10.2. The van der Waals surface area contributed by atoms with Crippen LogP contribution in [0.2, 0.25) is 0 Å². The van der Waals surface area contributed by atoms with Crippen LogP contribution in [0.3, 0.4) is 0 Å². The predicted molar refractivity (Wildman–Crippen MR) is 55.5 cm³/mol. The topological polar surface area (TPSA) is 37.0 Å². The van der Waals surface area contributed by atoms with E-state index in [1.54, 1.807) is 11.3 Å². The summed E-state index contributed by atoms with van der Waals surface area (Å²) in [5, 5.41) is 6.39. The Hall–Kier alpha value is -0.890. The van der Waals surface area contributed by atoms with Gasteiger partial charge in [-0.05, 0) is 0 Å². The molecule has 13 heavy (non-hydrogen) atoms. The minimum atomic E-state index is 0.641. The molecule has 0 saturated heterocycles. The molecule has 1 aromatic heterocycles. The number of nitrogens with zero attached hydrogens (tertiary/aromatic N) is 1. The Bertz CT molecular complexity index is 250. The molecule has 0 bridgehead atoms. The summed E-state index contributed by atoms with van der Waals surface area (Å²) in [6.45, 7) is 3.37. The molecule has 0 unspecified atom stereocenters. The lowest BCUT2D eigenvalue weighted by Crippen LogP contribution is -2.26. The molecule has 0 spiro atoms. The summed E-state index contributed by atoms with van der Waals surface area (Å²) < 4.78 is 0. The van der Waals surface area contributed by atoms with Gasteiger partial charge in [0.25, 0.3) is 0 Å². The molecule has 0 aliphatic rings. The lowest BCUT2D eigenvalue weighted by atomic mass is 10.5. The Morgan fingerprint density at radius 3 is 3.00 bits per heavy atom. The predicted octanol–water partition coefficient (Wildman–Crippen LogP) is 0.456.